The molecule has 21 heavy (non-hydrogen) atoms. The molecule has 1 aromatic heterocycles. The van der Waals surface area contributed by atoms with Crippen LogP contribution in [0, 0.1) is 0 Å². The van der Waals surface area contributed by atoms with E-state index in [0.717, 1.165) is 18.1 Å². The summed E-state index contributed by atoms with van der Waals surface area (Å²) in [6.45, 7) is 3.23. The van der Waals surface area contributed by atoms with Gasteiger partial charge in [0.2, 0.25) is 0 Å². The molecule has 0 saturated carbocycles. The zero-order chi connectivity index (χ0) is 14.7. The highest BCUT2D eigenvalue weighted by molar-refractivity contribution is 5.78. The van der Waals surface area contributed by atoms with Crippen molar-refractivity contribution < 1.29 is 0 Å². The molecule has 1 atom stereocenters. The van der Waals surface area contributed by atoms with Crippen LogP contribution in [-0.4, -0.2) is 22.6 Å². The molecule has 0 spiro atoms. The Hall–Kier alpha value is -2.30. The first-order chi connectivity index (χ1) is 10.3. The lowest BCUT2D eigenvalue weighted by molar-refractivity contribution is 0.481. The van der Waals surface area contributed by atoms with Crippen molar-refractivity contribution in [3.63, 3.8) is 0 Å². The van der Waals surface area contributed by atoms with Gasteiger partial charge in [-0.2, -0.15) is 0 Å². The average Bonchev–Trinajstić information content (AvgIpc) is 2.51. The number of aromatic nitrogens is 2. The predicted octanol–water partition coefficient (Wildman–Crippen LogP) is 3.18. The number of piperidine rings is 1. The topological polar surface area (TPSA) is 67.1 Å². The van der Waals surface area contributed by atoms with Crippen molar-refractivity contribution in [1.82, 2.24) is 9.97 Å². The molecule has 110 valence electrons. The highest BCUT2D eigenvalue weighted by atomic mass is 15.2. The molecule has 1 saturated heterocycles. The number of nitrogens with one attached hydrogen (secondary N) is 1. The maximum Gasteiger partial charge on any atom is 0.159 e. The van der Waals surface area contributed by atoms with E-state index < -0.39 is 0 Å². The number of para-hydroxylation sites is 1. The Bertz CT molecular complexity index is 599. The molecule has 3 N–H and O–H groups in total. The van der Waals surface area contributed by atoms with Crippen LogP contribution in [0.15, 0.2) is 36.7 Å². The molecule has 0 bridgehead atoms. The summed E-state index contributed by atoms with van der Waals surface area (Å²) in [5, 5.41) is 3.26. The molecule has 1 fully saturated rings. The standard InChI is InChI=1S/C16H21N5/c1-12-7-5-6-10-21(12)16-14(17)15(18-11-19-16)20-13-8-3-2-4-9-13/h2-4,8-9,11-12H,5-7,10,17H2,1H3,(H,18,19,20). The van der Waals surface area contributed by atoms with Gasteiger partial charge in [0, 0.05) is 18.3 Å². The van der Waals surface area contributed by atoms with E-state index in [1.54, 1.807) is 6.33 Å². The first-order valence-electron chi connectivity index (χ1n) is 7.45. The lowest BCUT2D eigenvalue weighted by Gasteiger charge is -2.35. The molecule has 0 radical (unpaired) electrons. The molecular weight excluding hydrogens is 262 g/mol. The van der Waals surface area contributed by atoms with Crippen LogP contribution < -0.4 is 16.0 Å². The molecule has 1 unspecified atom stereocenters. The third-order valence-corrected chi connectivity index (χ3v) is 3.97. The van der Waals surface area contributed by atoms with Crippen LogP contribution in [0.5, 0.6) is 0 Å². The van der Waals surface area contributed by atoms with E-state index >= 15 is 0 Å². The van der Waals surface area contributed by atoms with E-state index in [2.05, 4.69) is 27.1 Å². The van der Waals surface area contributed by atoms with E-state index in [1.807, 2.05) is 30.3 Å². The van der Waals surface area contributed by atoms with Crippen molar-refractivity contribution in [1.29, 1.82) is 0 Å². The maximum atomic E-state index is 6.30. The number of benzene rings is 1. The Morgan fingerprint density at radius 1 is 1.19 bits per heavy atom. The third kappa shape index (κ3) is 2.91. The number of nitrogens with zero attached hydrogens (tertiary/aromatic N) is 3. The summed E-state index contributed by atoms with van der Waals surface area (Å²) >= 11 is 0. The Morgan fingerprint density at radius 2 is 2.00 bits per heavy atom. The number of rotatable bonds is 3. The SMILES string of the molecule is CC1CCCCN1c1ncnc(Nc2ccccc2)c1N. The van der Waals surface area contributed by atoms with Gasteiger partial charge in [0.15, 0.2) is 11.6 Å². The van der Waals surface area contributed by atoms with E-state index in [4.69, 9.17) is 5.73 Å². The predicted molar refractivity (Wildman–Crippen MR) is 86.8 cm³/mol. The smallest absolute Gasteiger partial charge is 0.159 e. The second-order valence-corrected chi connectivity index (χ2v) is 5.49. The molecule has 5 nitrogen and oxygen atoms in total. The van der Waals surface area contributed by atoms with Crippen LogP contribution in [0.25, 0.3) is 0 Å². The zero-order valence-corrected chi connectivity index (χ0v) is 12.3. The van der Waals surface area contributed by atoms with Gasteiger partial charge in [-0.15, -0.1) is 0 Å². The fourth-order valence-electron chi connectivity index (χ4n) is 2.79. The molecule has 2 heterocycles. The lowest BCUT2D eigenvalue weighted by atomic mass is 10.0. The quantitative estimate of drug-likeness (QED) is 0.905. The summed E-state index contributed by atoms with van der Waals surface area (Å²) in [7, 11) is 0. The van der Waals surface area contributed by atoms with E-state index in [9.17, 15) is 0 Å². The van der Waals surface area contributed by atoms with Crippen LogP contribution in [0.1, 0.15) is 26.2 Å². The summed E-state index contributed by atoms with van der Waals surface area (Å²) < 4.78 is 0. The molecule has 1 aromatic carbocycles. The van der Waals surface area contributed by atoms with E-state index in [0.29, 0.717) is 17.5 Å². The van der Waals surface area contributed by atoms with Gasteiger partial charge in [0.05, 0.1) is 0 Å². The Morgan fingerprint density at radius 3 is 2.76 bits per heavy atom. The average molecular weight is 283 g/mol. The fourth-order valence-corrected chi connectivity index (χ4v) is 2.79. The Balaban J connectivity index is 1.88. The van der Waals surface area contributed by atoms with Crippen molar-refractivity contribution in [3.05, 3.63) is 36.7 Å². The number of hydrogen-bond acceptors (Lipinski definition) is 5. The van der Waals surface area contributed by atoms with Crippen molar-refractivity contribution in [3.8, 4) is 0 Å². The van der Waals surface area contributed by atoms with Gasteiger partial charge < -0.3 is 16.0 Å². The minimum absolute atomic E-state index is 0.473. The Kier molecular flexibility index (Phi) is 3.90. The number of hydrogen-bond donors (Lipinski definition) is 2. The van der Waals surface area contributed by atoms with Crippen molar-refractivity contribution in [2.45, 2.75) is 32.2 Å². The monoisotopic (exact) mass is 283 g/mol. The minimum atomic E-state index is 0.473. The second kappa shape index (κ2) is 5.99. The van der Waals surface area contributed by atoms with Crippen LogP contribution >= 0.6 is 0 Å². The minimum Gasteiger partial charge on any atom is -0.393 e. The van der Waals surface area contributed by atoms with Gasteiger partial charge in [-0.05, 0) is 38.3 Å². The maximum absolute atomic E-state index is 6.30. The Labute approximate surface area is 125 Å². The molecular formula is C16H21N5. The molecule has 1 aliphatic rings. The fraction of sp³-hybridized carbons (Fsp3) is 0.375. The van der Waals surface area contributed by atoms with E-state index in [1.165, 1.54) is 19.3 Å². The summed E-state index contributed by atoms with van der Waals surface area (Å²) in [6.07, 6.45) is 5.23. The summed E-state index contributed by atoms with van der Waals surface area (Å²) in [5.74, 6) is 1.51. The zero-order valence-electron chi connectivity index (χ0n) is 12.3. The molecule has 2 aromatic rings. The van der Waals surface area contributed by atoms with Gasteiger partial charge in [0.25, 0.3) is 0 Å². The van der Waals surface area contributed by atoms with Crippen molar-refractivity contribution in [2.75, 3.05) is 22.5 Å². The van der Waals surface area contributed by atoms with Crippen molar-refractivity contribution in [2.24, 2.45) is 0 Å². The molecule has 1 aliphatic heterocycles. The molecule has 0 amide bonds. The molecule has 0 aliphatic carbocycles. The van der Waals surface area contributed by atoms with E-state index in [-0.39, 0.29) is 0 Å². The molecule has 3 rings (SSSR count). The third-order valence-electron chi connectivity index (χ3n) is 3.97. The van der Waals surface area contributed by atoms with Crippen molar-refractivity contribution >= 4 is 23.0 Å². The number of nitrogens with two attached hydrogens (primary N) is 1. The van der Waals surface area contributed by atoms with Gasteiger partial charge >= 0.3 is 0 Å². The first-order valence-corrected chi connectivity index (χ1v) is 7.45. The highest BCUT2D eigenvalue weighted by Gasteiger charge is 2.22. The van der Waals surface area contributed by atoms with Gasteiger partial charge in [-0.25, -0.2) is 9.97 Å². The molecule has 5 heteroatoms. The van der Waals surface area contributed by atoms with Crippen LogP contribution in [-0.2, 0) is 0 Å². The largest absolute Gasteiger partial charge is 0.393 e. The van der Waals surface area contributed by atoms with Crippen LogP contribution in [0.3, 0.4) is 0 Å². The van der Waals surface area contributed by atoms with Gasteiger partial charge in [-0.3, -0.25) is 0 Å². The summed E-state index contributed by atoms with van der Waals surface area (Å²) in [6, 6.07) is 10.4. The van der Waals surface area contributed by atoms with Crippen LogP contribution in [0.4, 0.5) is 23.0 Å². The summed E-state index contributed by atoms with van der Waals surface area (Å²) in [5.41, 5.74) is 7.89. The van der Waals surface area contributed by atoms with Gasteiger partial charge in [0.1, 0.15) is 12.0 Å². The normalized spacial score (nSPS) is 18.5. The second-order valence-electron chi connectivity index (χ2n) is 5.49. The van der Waals surface area contributed by atoms with Crippen LogP contribution in [0.2, 0.25) is 0 Å². The lowest BCUT2D eigenvalue weighted by Crippen LogP contribution is -2.38. The first kappa shape index (κ1) is 13.7. The highest BCUT2D eigenvalue weighted by Crippen LogP contribution is 2.32. The van der Waals surface area contributed by atoms with Gasteiger partial charge in [-0.1, -0.05) is 18.2 Å². The number of anilines is 4. The number of nitrogen functional groups attached to an aromatic ring is 1. The summed E-state index contributed by atoms with van der Waals surface area (Å²) in [4.78, 5) is 11.0.